The van der Waals surface area contributed by atoms with Crippen molar-refractivity contribution in [2.24, 2.45) is 5.16 Å². The Labute approximate surface area is 175 Å². The molecule has 156 valence electrons. The van der Waals surface area contributed by atoms with Gasteiger partial charge in [-0.25, -0.2) is 5.01 Å². The highest BCUT2D eigenvalue weighted by Gasteiger charge is 2.32. The highest BCUT2D eigenvalue weighted by molar-refractivity contribution is 6.62. The third kappa shape index (κ3) is 4.16. The molecule has 0 unspecified atom stereocenters. The SMILES string of the molecule is COc1cccc(C(=O)NN(C(=O)c2ccc3c(c2)B(O)ON=C3)C(C)(C)C)c1C. The number of hydrogen-bond acceptors (Lipinski definition) is 6. The summed E-state index contributed by atoms with van der Waals surface area (Å²) in [6.45, 7) is 7.22. The second kappa shape index (κ2) is 8.20. The minimum atomic E-state index is -1.25. The zero-order chi connectivity index (χ0) is 22.1. The molecule has 2 aromatic carbocycles. The lowest BCUT2D eigenvalue weighted by atomic mass is 9.75. The van der Waals surface area contributed by atoms with E-state index in [1.54, 1.807) is 37.3 Å². The van der Waals surface area contributed by atoms with Gasteiger partial charge in [-0.1, -0.05) is 12.1 Å². The van der Waals surface area contributed by atoms with Gasteiger partial charge in [-0.3, -0.25) is 15.0 Å². The van der Waals surface area contributed by atoms with Gasteiger partial charge >= 0.3 is 7.12 Å². The number of rotatable bonds is 3. The summed E-state index contributed by atoms with van der Waals surface area (Å²) in [6.07, 6.45) is 1.46. The van der Waals surface area contributed by atoms with E-state index in [0.29, 0.717) is 33.5 Å². The Balaban J connectivity index is 1.92. The van der Waals surface area contributed by atoms with Gasteiger partial charge in [-0.15, -0.1) is 5.16 Å². The summed E-state index contributed by atoms with van der Waals surface area (Å²) in [6, 6.07) is 9.98. The summed E-state index contributed by atoms with van der Waals surface area (Å²) in [7, 11) is 0.281. The molecule has 0 aromatic heterocycles. The molecule has 2 aromatic rings. The van der Waals surface area contributed by atoms with E-state index in [4.69, 9.17) is 9.49 Å². The maximum atomic E-state index is 13.3. The Kier molecular flexibility index (Phi) is 5.84. The number of hydrogen-bond donors (Lipinski definition) is 2. The summed E-state index contributed by atoms with van der Waals surface area (Å²) < 4.78 is 10.1. The molecule has 0 spiro atoms. The van der Waals surface area contributed by atoms with Crippen molar-refractivity contribution >= 4 is 30.6 Å². The van der Waals surface area contributed by atoms with E-state index < -0.39 is 24.5 Å². The minimum Gasteiger partial charge on any atom is -0.496 e. The van der Waals surface area contributed by atoms with Gasteiger partial charge in [0, 0.05) is 22.2 Å². The number of benzene rings is 2. The lowest BCUT2D eigenvalue weighted by Crippen LogP contribution is -2.56. The van der Waals surface area contributed by atoms with Crippen molar-refractivity contribution in [2.45, 2.75) is 33.2 Å². The zero-order valence-corrected chi connectivity index (χ0v) is 17.6. The van der Waals surface area contributed by atoms with Crippen molar-refractivity contribution in [3.63, 3.8) is 0 Å². The highest BCUT2D eigenvalue weighted by atomic mass is 16.6. The fourth-order valence-electron chi connectivity index (χ4n) is 3.14. The Morgan fingerprint density at radius 3 is 2.63 bits per heavy atom. The van der Waals surface area contributed by atoms with Crippen LogP contribution in [-0.2, 0) is 4.76 Å². The van der Waals surface area contributed by atoms with Crippen molar-refractivity contribution in [2.75, 3.05) is 7.11 Å². The van der Waals surface area contributed by atoms with Crippen molar-refractivity contribution in [1.29, 1.82) is 0 Å². The number of ether oxygens (including phenoxy) is 1. The van der Waals surface area contributed by atoms with Crippen LogP contribution in [-0.4, -0.2) is 47.8 Å². The summed E-state index contributed by atoms with van der Waals surface area (Å²) in [5, 5.41) is 14.9. The molecule has 1 aliphatic heterocycles. The standard InChI is InChI=1S/C21H24BN3O5/c1-13-16(7-6-8-18(13)29-5)19(26)24-25(21(2,3)4)20(27)14-9-10-15-12-23-30-22(28)17(15)11-14/h6-12,28H,1-5H3,(H,24,26). The van der Waals surface area contributed by atoms with E-state index >= 15 is 0 Å². The number of carbonyl (C=O) groups excluding carboxylic acids is 2. The molecule has 1 aliphatic rings. The Hall–Kier alpha value is -3.33. The molecular formula is C21H24BN3O5. The first-order valence-electron chi connectivity index (χ1n) is 9.44. The van der Waals surface area contributed by atoms with Crippen LogP contribution in [0.3, 0.4) is 0 Å². The van der Waals surface area contributed by atoms with E-state index in [1.807, 2.05) is 20.8 Å². The molecule has 0 fully saturated rings. The van der Waals surface area contributed by atoms with Crippen molar-refractivity contribution in [1.82, 2.24) is 10.4 Å². The van der Waals surface area contributed by atoms with Gasteiger partial charge in [0.05, 0.1) is 18.9 Å². The maximum absolute atomic E-state index is 13.3. The van der Waals surface area contributed by atoms with E-state index in [2.05, 4.69) is 10.6 Å². The van der Waals surface area contributed by atoms with Crippen LogP contribution in [0.15, 0.2) is 41.6 Å². The van der Waals surface area contributed by atoms with Crippen LogP contribution in [0.4, 0.5) is 0 Å². The molecule has 0 atom stereocenters. The maximum Gasteiger partial charge on any atom is 0.583 e. The van der Waals surface area contributed by atoms with Crippen LogP contribution < -0.4 is 15.6 Å². The first kappa shape index (κ1) is 21.4. The number of nitrogens with one attached hydrogen (secondary N) is 1. The number of hydrazine groups is 1. The third-order valence-electron chi connectivity index (χ3n) is 4.79. The van der Waals surface area contributed by atoms with Crippen LogP contribution in [0.5, 0.6) is 5.75 Å². The number of nitrogens with zero attached hydrogens (tertiary/aromatic N) is 2. The molecule has 0 bridgehead atoms. The minimum absolute atomic E-state index is 0.296. The number of amides is 2. The van der Waals surface area contributed by atoms with Gasteiger partial charge < -0.3 is 14.5 Å². The first-order valence-corrected chi connectivity index (χ1v) is 9.44. The second-order valence-corrected chi connectivity index (χ2v) is 7.92. The third-order valence-corrected chi connectivity index (χ3v) is 4.79. The molecule has 2 amide bonds. The van der Waals surface area contributed by atoms with Gasteiger partial charge in [0.1, 0.15) is 5.75 Å². The Morgan fingerprint density at radius 1 is 1.23 bits per heavy atom. The molecule has 1 heterocycles. The number of carbonyl (C=O) groups is 2. The van der Waals surface area contributed by atoms with E-state index in [0.717, 1.165) is 0 Å². The zero-order valence-electron chi connectivity index (χ0n) is 17.6. The molecule has 0 radical (unpaired) electrons. The molecule has 0 aliphatic carbocycles. The topological polar surface area (TPSA) is 100 Å². The summed E-state index contributed by atoms with van der Waals surface area (Å²) in [4.78, 5) is 26.3. The number of methoxy groups -OCH3 is 1. The van der Waals surface area contributed by atoms with Gasteiger partial charge in [-0.2, -0.15) is 0 Å². The molecule has 8 nitrogen and oxygen atoms in total. The molecule has 30 heavy (non-hydrogen) atoms. The normalized spacial score (nSPS) is 12.7. The van der Waals surface area contributed by atoms with Crippen LogP contribution in [0.25, 0.3) is 0 Å². The van der Waals surface area contributed by atoms with Crippen LogP contribution in [0, 0.1) is 6.92 Å². The largest absolute Gasteiger partial charge is 0.583 e. The molecule has 2 N–H and O–H groups in total. The predicted molar refractivity (Wildman–Crippen MR) is 114 cm³/mol. The van der Waals surface area contributed by atoms with E-state index in [9.17, 15) is 14.6 Å². The second-order valence-electron chi connectivity index (χ2n) is 7.92. The van der Waals surface area contributed by atoms with Crippen LogP contribution >= 0.6 is 0 Å². The van der Waals surface area contributed by atoms with Crippen molar-refractivity contribution in [3.8, 4) is 5.75 Å². The first-order chi connectivity index (χ1) is 14.1. The van der Waals surface area contributed by atoms with Gasteiger partial charge in [0.25, 0.3) is 11.8 Å². The van der Waals surface area contributed by atoms with Crippen molar-refractivity contribution in [3.05, 3.63) is 58.7 Å². The summed E-state index contributed by atoms with van der Waals surface area (Å²) in [5.74, 6) is -0.265. The van der Waals surface area contributed by atoms with E-state index in [-0.39, 0.29) is 0 Å². The van der Waals surface area contributed by atoms with Gasteiger partial charge in [-0.05, 0) is 57.5 Å². The number of fused-ring (bicyclic) bond motifs is 1. The van der Waals surface area contributed by atoms with E-state index in [1.165, 1.54) is 24.4 Å². The molecule has 3 rings (SSSR count). The Morgan fingerprint density at radius 2 is 1.97 bits per heavy atom. The van der Waals surface area contributed by atoms with Crippen molar-refractivity contribution < 1.29 is 24.1 Å². The molecule has 0 saturated carbocycles. The average Bonchev–Trinajstić information content (AvgIpc) is 2.70. The summed E-state index contributed by atoms with van der Waals surface area (Å²) >= 11 is 0. The fraction of sp³-hybridized carbons (Fsp3) is 0.286. The molecule has 9 heteroatoms. The van der Waals surface area contributed by atoms with Gasteiger partial charge in [0.2, 0.25) is 0 Å². The molecular weight excluding hydrogens is 385 g/mol. The quantitative estimate of drug-likeness (QED) is 0.593. The monoisotopic (exact) mass is 409 g/mol. The number of oxime groups is 1. The van der Waals surface area contributed by atoms with Crippen LogP contribution in [0.1, 0.15) is 52.6 Å². The lowest BCUT2D eigenvalue weighted by Gasteiger charge is -2.35. The average molecular weight is 409 g/mol. The fourth-order valence-corrected chi connectivity index (χ4v) is 3.14. The molecule has 0 saturated heterocycles. The lowest BCUT2D eigenvalue weighted by molar-refractivity contribution is 0.0358. The van der Waals surface area contributed by atoms with Crippen LogP contribution in [0.2, 0.25) is 0 Å². The smallest absolute Gasteiger partial charge is 0.496 e. The predicted octanol–water partition coefficient (Wildman–Crippen LogP) is 1.64. The highest BCUT2D eigenvalue weighted by Crippen LogP contribution is 2.22. The summed E-state index contributed by atoms with van der Waals surface area (Å²) in [5.41, 5.74) is 4.47. The Bertz CT molecular complexity index is 1020. The van der Waals surface area contributed by atoms with Gasteiger partial charge in [0.15, 0.2) is 0 Å².